The van der Waals surface area contributed by atoms with Gasteiger partial charge in [0.15, 0.2) is 0 Å². The van der Waals surface area contributed by atoms with Crippen LogP contribution >= 0.6 is 0 Å². The number of hydrogen-bond acceptors (Lipinski definition) is 2. The minimum atomic E-state index is -0.267. The Morgan fingerprint density at radius 2 is 2.55 bits per heavy atom. The van der Waals surface area contributed by atoms with Crippen LogP contribution in [0.3, 0.4) is 0 Å². The summed E-state index contributed by atoms with van der Waals surface area (Å²) in [5.74, 6) is 0.377. The standard InChI is InChI=1S/C9H12O2/c1-2-9-5-3-4-7(9)6-8(10)11-9/h2,7H,1,3-6H2/t7-,9-/m1/s1. The van der Waals surface area contributed by atoms with Crippen LogP contribution in [0, 0.1) is 5.92 Å². The monoisotopic (exact) mass is 152 g/mol. The Labute approximate surface area is 66.2 Å². The Balaban J connectivity index is 2.28. The van der Waals surface area contributed by atoms with Crippen LogP contribution in [0.25, 0.3) is 0 Å². The topological polar surface area (TPSA) is 26.3 Å². The van der Waals surface area contributed by atoms with E-state index >= 15 is 0 Å². The van der Waals surface area contributed by atoms with E-state index in [0.717, 1.165) is 12.8 Å². The Kier molecular flexibility index (Phi) is 1.31. The minimum absolute atomic E-state index is 0.0467. The van der Waals surface area contributed by atoms with Gasteiger partial charge in [0, 0.05) is 5.92 Å². The van der Waals surface area contributed by atoms with Gasteiger partial charge in [0.2, 0.25) is 0 Å². The largest absolute Gasteiger partial charge is 0.454 e. The molecule has 0 unspecified atom stereocenters. The molecule has 0 N–H and O–H groups in total. The molecule has 1 aliphatic carbocycles. The maximum Gasteiger partial charge on any atom is 0.307 e. The highest BCUT2D eigenvalue weighted by Crippen LogP contribution is 2.46. The van der Waals surface area contributed by atoms with Gasteiger partial charge in [0.1, 0.15) is 5.60 Å². The summed E-state index contributed by atoms with van der Waals surface area (Å²) in [5, 5.41) is 0. The van der Waals surface area contributed by atoms with Gasteiger partial charge in [0.05, 0.1) is 6.42 Å². The fourth-order valence-electron chi connectivity index (χ4n) is 2.25. The van der Waals surface area contributed by atoms with Gasteiger partial charge in [-0.15, -0.1) is 0 Å². The highest BCUT2D eigenvalue weighted by atomic mass is 16.6. The number of fused-ring (bicyclic) bond motifs is 1. The summed E-state index contributed by atoms with van der Waals surface area (Å²) in [4.78, 5) is 11.0. The van der Waals surface area contributed by atoms with Crippen LogP contribution in [0.1, 0.15) is 25.7 Å². The highest BCUT2D eigenvalue weighted by Gasteiger charge is 2.49. The third-order valence-corrected chi connectivity index (χ3v) is 2.87. The molecule has 0 aromatic rings. The molecular formula is C9H12O2. The molecule has 1 heterocycles. The zero-order valence-corrected chi connectivity index (χ0v) is 6.51. The third-order valence-electron chi connectivity index (χ3n) is 2.87. The Morgan fingerprint density at radius 3 is 3.18 bits per heavy atom. The molecule has 0 amide bonds. The van der Waals surface area contributed by atoms with Crippen molar-refractivity contribution in [2.45, 2.75) is 31.3 Å². The first-order chi connectivity index (χ1) is 5.27. The van der Waals surface area contributed by atoms with Crippen molar-refractivity contribution in [2.24, 2.45) is 5.92 Å². The van der Waals surface area contributed by atoms with E-state index in [9.17, 15) is 4.79 Å². The average Bonchev–Trinajstić information content (AvgIpc) is 2.43. The van der Waals surface area contributed by atoms with Crippen molar-refractivity contribution in [1.29, 1.82) is 0 Å². The molecule has 2 fully saturated rings. The van der Waals surface area contributed by atoms with Crippen LogP contribution < -0.4 is 0 Å². The van der Waals surface area contributed by atoms with Crippen LogP contribution in [-0.4, -0.2) is 11.6 Å². The van der Waals surface area contributed by atoms with Crippen molar-refractivity contribution >= 4 is 5.97 Å². The average molecular weight is 152 g/mol. The maximum absolute atomic E-state index is 11.0. The maximum atomic E-state index is 11.0. The molecule has 2 aliphatic rings. The molecular weight excluding hydrogens is 140 g/mol. The molecule has 0 aromatic heterocycles. The van der Waals surface area contributed by atoms with E-state index < -0.39 is 0 Å². The number of rotatable bonds is 1. The van der Waals surface area contributed by atoms with Gasteiger partial charge in [-0.1, -0.05) is 6.58 Å². The molecule has 2 nitrogen and oxygen atoms in total. The molecule has 60 valence electrons. The fraction of sp³-hybridized carbons (Fsp3) is 0.667. The first-order valence-electron chi connectivity index (χ1n) is 4.12. The first kappa shape index (κ1) is 6.89. The fourth-order valence-corrected chi connectivity index (χ4v) is 2.25. The smallest absolute Gasteiger partial charge is 0.307 e. The lowest BCUT2D eigenvalue weighted by atomic mass is 9.91. The highest BCUT2D eigenvalue weighted by molar-refractivity contribution is 5.73. The zero-order chi connectivity index (χ0) is 7.90. The Morgan fingerprint density at radius 1 is 1.73 bits per heavy atom. The zero-order valence-electron chi connectivity index (χ0n) is 6.51. The van der Waals surface area contributed by atoms with Gasteiger partial charge in [0.25, 0.3) is 0 Å². The molecule has 1 saturated heterocycles. The molecule has 2 heteroatoms. The summed E-state index contributed by atoms with van der Waals surface area (Å²) >= 11 is 0. The van der Waals surface area contributed by atoms with Gasteiger partial charge < -0.3 is 4.74 Å². The molecule has 0 bridgehead atoms. The SMILES string of the molecule is C=C[C@@]12CCC[C@@H]1CC(=O)O2. The van der Waals surface area contributed by atoms with E-state index in [4.69, 9.17) is 4.74 Å². The van der Waals surface area contributed by atoms with E-state index in [1.165, 1.54) is 6.42 Å². The van der Waals surface area contributed by atoms with Crippen LogP contribution in [0.4, 0.5) is 0 Å². The predicted octanol–water partition coefficient (Wildman–Crippen LogP) is 1.66. The molecule has 1 saturated carbocycles. The van der Waals surface area contributed by atoms with E-state index in [2.05, 4.69) is 6.58 Å². The summed E-state index contributed by atoms with van der Waals surface area (Å²) in [6.07, 6.45) is 5.69. The van der Waals surface area contributed by atoms with Crippen LogP contribution in [0.2, 0.25) is 0 Å². The summed E-state index contributed by atoms with van der Waals surface area (Å²) in [7, 11) is 0. The molecule has 11 heavy (non-hydrogen) atoms. The van der Waals surface area contributed by atoms with Gasteiger partial charge in [-0.3, -0.25) is 4.79 Å². The lowest BCUT2D eigenvalue weighted by Gasteiger charge is -2.22. The Bertz CT molecular complexity index is 210. The van der Waals surface area contributed by atoms with Crippen LogP contribution in [0.5, 0.6) is 0 Å². The number of esters is 1. The number of hydrogen-bond donors (Lipinski definition) is 0. The molecule has 2 rings (SSSR count). The second-order valence-corrected chi connectivity index (χ2v) is 3.43. The van der Waals surface area contributed by atoms with Crippen LogP contribution in [0.15, 0.2) is 12.7 Å². The third kappa shape index (κ3) is 0.817. The van der Waals surface area contributed by atoms with Crippen molar-refractivity contribution in [1.82, 2.24) is 0 Å². The number of carbonyl (C=O) groups excluding carboxylic acids is 1. The van der Waals surface area contributed by atoms with Gasteiger partial charge in [-0.05, 0) is 25.3 Å². The van der Waals surface area contributed by atoms with Crippen molar-refractivity contribution in [3.63, 3.8) is 0 Å². The van der Waals surface area contributed by atoms with Gasteiger partial charge in [-0.25, -0.2) is 0 Å². The number of carbonyl (C=O) groups is 1. The van der Waals surface area contributed by atoms with E-state index in [1.54, 1.807) is 0 Å². The predicted molar refractivity (Wildman–Crippen MR) is 41.0 cm³/mol. The molecule has 0 aromatic carbocycles. The summed E-state index contributed by atoms with van der Waals surface area (Å²) in [5.41, 5.74) is -0.267. The van der Waals surface area contributed by atoms with Gasteiger partial charge in [-0.2, -0.15) is 0 Å². The van der Waals surface area contributed by atoms with E-state index in [-0.39, 0.29) is 11.6 Å². The van der Waals surface area contributed by atoms with Crippen LogP contribution in [-0.2, 0) is 9.53 Å². The quantitative estimate of drug-likeness (QED) is 0.422. The molecule has 2 atom stereocenters. The Hall–Kier alpha value is -0.790. The van der Waals surface area contributed by atoms with Gasteiger partial charge >= 0.3 is 5.97 Å². The normalized spacial score (nSPS) is 41.8. The lowest BCUT2D eigenvalue weighted by Crippen LogP contribution is -2.27. The lowest BCUT2D eigenvalue weighted by molar-refractivity contribution is -0.145. The van der Waals surface area contributed by atoms with E-state index in [0.29, 0.717) is 12.3 Å². The van der Waals surface area contributed by atoms with Crippen molar-refractivity contribution in [3.05, 3.63) is 12.7 Å². The number of ether oxygens (including phenoxy) is 1. The molecule has 1 aliphatic heterocycles. The molecule has 0 radical (unpaired) electrons. The van der Waals surface area contributed by atoms with E-state index in [1.807, 2.05) is 6.08 Å². The summed E-state index contributed by atoms with van der Waals surface area (Å²) in [6, 6.07) is 0. The van der Waals surface area contributed by atoms with Crippen molar-refractivity contribution < 1.29 is 9.53 Å². The second-order valence-electron chi connectivity index (χ2n) is 3.43. The summed E-state index contributed by atoms with van der Waals surface area (Å²) < 4.78 is 5.27. The second kappa shape index (κ2) is 2.10. The minimum Gasteiger partial charge on any atom is -0.454 e. The van der Waals surface area contributed by atoms with Crippen molar-refractivity contribution in [2.75, 3.05) is 0 Å². The summed E-state index contributed by atoms with van der Waals surface area (Å²) in [6.45, 7) is 3.73. The first-order valence-corrected chi connectivity index (χ1v) is 4.12. The van der Waals surface area contributed by atoms with Crippen molar-refractivity contribution in [3.8, 4) is 0 Å². The molecule has 0 spiro atoms.